The lowest BCUT2D eigenvalue weighted by atomic mass is 10.2. The molecule has 0 saturated carbocycles. The Hall–Kier alpha value is -3.50. The first-order valence-electron chi connectivity index (χ1n) is 10.1. The average Bonchev–Trinajstić information content (AvgIpc) is 3.20. The summed E-state index contributed by atoms with van der Waals surface area (Å²) in [5.74, 6) is 2.04. The number of hydrogen-bond donors (Lipinski definition) is 2. The Kier molecular flexibility index (Phi) is 6.33. The molecular formula is C22H24N6O3S. The molecule has 2 heterocycles. The lowest BCUT2D eigenvalue weighted by molar-refractivity contribution is 0.414. The van der Waals surface area contributed by atoms with Gasteiger partial charge in [0.05, 0.1) is 12.0 Å². The van der Waals surface area contributed by atoms with Crippen molar-refractivity contribution in [2.24, 2.45) is 0 Å². The summed E-state index contributed by atoms with van der Waals surface area (Å²) in [6, 6.07) is 18.1. The summed E-state index contributed by atoms with van der Waals surface area (Å²) in [5, 5.41) is 16.1. The second-order valence-electron chi connectivity index (χ2n) is 7.27. The van der Waals surface area contributed by atoms with Crippen LogP contribution in [0, 0.1) is 6.92 Å². The fourth-order valence-corrected chi connectivity index (χ4v) is 4.15. The number of sulfonamides is 1. The molecule has 0 fully saturated rings. The van der Waals surface area contributed by atoms with Gasteiger partial charge in [0.1, 0.15) is 11.6 Å². The minimum absolute atomic E-state index is 0.183. The van der Waals surface area contributed by atoms with Gasteiger partial charge in [0, 0.05) is 19.5 Å². The minimum Gasteiger partial charge on any atom is -0.497 e. The quantitative estimate of drug-likeness (QED) is 0.402. The zero-order valence-electron chi connectivity index (χ0n) is 17.8. The molecule has 0 aliphatic carbocycles. The van der Waals surface area contributed by atoms with Crippen molar-refractivity contribution in [2.75, 3.05) is 19.0 Å². The summed E-state index contributed by atoms with van der Waals surface area (Å²) < 4.78 is 34.3. The van der Waals surface area contributed by atoms with Gasteiger partial charge in [0.25, 0.3) is 0 Å². The maximum Gasteiger partial charge on any atom is 0.240 e. The van der Waals surface area contributed by atoms with Gasteiger partial charge in [0.15, 0.2) is 11.5 Å². The first-order valence-corrected chi connectivity index (χ1v) is 11.6. The first-order chi connectivity index (χ1) is 15.4. The molecule has 0 radical (unpaired) electrons. The Balaban J connectivity index is 1.40. The van der Waals surface area contributed by atoms with E-state index in [1.54, 1.807) is 35.9 Å². The molecule has 0 aliphatic rings. The third-order valence-corrected chi connectivity index (χ3v) is 6.41. The smallest absolute Gasteiger partial charge is 0.240 e. The van der Waals surface area contributed by atoms with Crippen LogP contribution in [0.4, 0.5) is 5.82 Å². The molecule has 166 valence electrons. The van der Waals surface area contributed by atoms with Crippen molar-refractivity contribution in [1.82, 2.24) is 24.5 Å². The fourth-order valence-electron chi connectivity index (χ4n) is 3.12. The third-order valence-electron chi connectivity index (χ3n) is 4.93. The van der Waals surface area contributed by atoms with Gasteiger partial charge in [-0.15, -0.1) is 15.3 Å². The van der Waals surface area contributed by atoms with Gasteiger partial charge >= 0.3 is 0 Å². The Morgan fingerprint density at radius 1 is 0.969 bits per heavy atom. The number of fused-ring (bicyclic) bond motifs is 1. The Morgan fingerprint density at radius 3 is 2.44 bits per heavy atom. The summed E-state index contributed by atoms with van der Waals surface area (Å²) in [5.41, 5.74) is 2.68. The lowest BCUT2D eigenvalue weighted by Gasteiger charge is -2.08. The van der Waals surface area contributed by atoms with Crippen molar-refractivity contribution in [3.8, 4) is 5.75 Å². The third kappa shape index (κ3) is 5.04. The topological polar surface area (TPSA) is 111 Å². The van der Waals surface area contributed by atoms with Crippen LogP contribution in [0.5, 0.6) is 5.75 Å². The highest BCUT2D eigenvalue weighted by Crippen LogP contribution is 2.14. The normalized spacial score (nSPS) is 11.6. The number of nitrogens with zero attached hydrogens (tertiary/aromatic N) is 4. The molecule has 2 N–H and O–H groups in total. The zero-order valence-corrected chi connectivity index (χ0v) is 18.6. The van der Waals surface area contributed by atoms with Gasteiger partial charge in [-0.3, -0.25) is 0 Å². The van der Waals surface area contributed by atoms with Crippen molar-refractivity contribution in [3.63, 3.8) is 0 Å². The van der Waals surface area contributed by atoms with E-state index in [1.165, 1.54) is 0 Å². The summed E-state index contributed by atoms with van der Waals surface area (Å²) in [7, 11) is -1.95. The monoisotopic (exact) mass is 452 g/mol. The number of rotatable bonds is 9. The highest BCUT2D eigenvalue weighted by molar-refractivity contribution is 7.89. The Labute approximate surface area is 186 Å². The van der Waals surface area contributed by atoms with Crippen molar-refractivity contribution in [2.45, 2.75) is 24.8 Å². The molecule has 2 aromatic heterocycles. The van der Waals surface area contributed by atoms with Crippen LogP contribution < -0.4 is 14.8 Å². The summed E-state index contributed by atoms with van der Waals surface area (Å²) >= 11 is 0. The number of benzene rings is 2. The molecule has 0 amide bonds. The number of nitrogens with one attached hydrogen (secondary N) is 2. The number of methoxy groups -OCH3 is 1. The SMILES string of the molecule is COc1ccc(CNc2ccc3nnc(CCNS(=O)(=O)c4ccc(C)cc4)n3n2)cc1. The molecule has 0 bridgehead atoms. The summed E-state index contributed by atoms with van der Waals surface area (Å²) in [6.45, 7) is 2.69. The van der Waals surface area contributed by atoms with E-state index in [9.17, 15) is 8.42 Å². The van der Waals surface area contributed by atoms with Gasteiger partial charge in [-0.1, -0.05) is 29.8 Å². The zero-order chi connectivity index (χ0) is 22.6. The number of anilines is 1. The predicted molar refractivity (Wildman–Crippen MR) is 121 cm³/mol. The van der Waals surface area contributed by atoms with Crippen LogP contribution in [-0.2, 0) is 23.0 Å². The van der Waals surface area contributed by atoms with E-state index in [0.717, 1.165) is 16.9 Å². The fraction of sp³-hybridized carbons (Fsp3) is 0.227. The second kappa shape index (κ2) is 9.33. The van der Waals surface area contributed by atoms with Crippen LogP contribution in [0.3, 0.4) is 0 Å². The summed E-state index contributed by atoms with van der Waals surface area (Å²) in [4.78, 5) is 0.234. The van der Waals surface area contributed by atoms with E-state index in [2.05, 4.69) is 25.3 Å². The number of ether oxygens (including phenoxy) is 1. The lowest BCUT2D eigenvalue weighted by Crippen LogP contribution is -2.26. The van der Waals surface area contributed by atoms with E-state index < -0.39 is 10.0 Å². The molecule has 2 aromatic carbocycles. The molecule has 10 heteroatoms. The van der Waals surface area contributed by atoms with Crippen molar-refractivity contribution in [1.29, 1.82) is 0 Å². The van der Waals surface area contributed by atoms with Crippen LogP contribution in [0.2, 0.25) is 0 Å². The van der Waals surface area contributed by atoms with Crippen LogP contribution in [0.1, 0.15) is 17.0 Å². The molecule has 0 spiro atoms. The van der Waals surface area contributed by atoms with Crippen molar-refractivity contribution < 1.29 is 13.2 Å². The van der Waals surface area contributed by atoms with Gasteiger partial charge in [-0.2, -0.15) is 4.52 Å². The van der Waals surface area contributed by atoms with Crippen LogP contribution in [0.25, 0.3) is 5.65 Å². The van der Waals surface area contributed by atoms with E-state index in [4.69, 9.17) is 4.74 Å². The highest BCUT2D eigenvalue weighted by atomic mass is 32.2. The van der Waals surface area contributed by atoms with Crippen molar-refractivity contribution in [3.05, 3.63) is 77.6 Å². The van der Waals surface area contributed by atoms with Gasteiger partial charge < -0.3 is 10.1 Å². The molecule has 0 unspecified atom stereocenters. The minimum atomic E-state index is -3.59. The van der Waals surface area contributed by atoms with E-state index >= 15 is 0 Å². The average molecular weight is 453 g/mol. The Morgan fingerprint density at radius 2 is 1.72 bits per heavy atom. The van der Waals surface area contributed by atoms with Gasteiger partial charge in [-0.05, 0) is 48.9 Å². The molecule has 0 atom stereocenters. The number of hydrogen-bond acceptors (Lipinski definition) is 7. The first kappa shape index (κ1) is 21.7. The molecule has 0 aliphatic heterocycles. The largest absolute Gasteiger partial charge is 0.497 e. The maximum atomic E-state index is 12.5. The molecular weight excluding hydrogens is 428 g/mol. The molecule has 32 heavy (non-hydrogen) atoms. The standard InChI is InChI=1S/C22H24N6O3S/c1-16-3-9-19(10-4-16)32(29,30)24-14-13-22-26-25-21-12-11-20(27-28(21)22)23-15-17-5-7-18(31-2)8-6-17/h3-12,24H,13-15H2,1-2H3,(H,23,27). The maximum absolute atomic E-state index is 12.5. The Bertz CT molecular complexity index is 1300. The molecule has 4 rings (SSSR count). The van der Waals surface area contributed by atoms with Crippen LogP contribution >= 0.6 is 0 Å². The second-order valence-corrected chi connectivity index (χ2v) is 9.03. The number of aryl methyl sites for hydroxylation is 1. The molecule has 4 aromatic rings. The summed E-state index contributed by atoms with van der Waals surface area (Å²) in [6.07, 6.45) is 0.348. The highest BCUT2D eigenvalue weighted by Gasteiger charge is 2.14. The van der Waals surface area contributed by atoms with E-state index in [-0.39, 0.29) is 11.4 Å². The number of aromatic nitrogens is 4. The predicted octanol–water partition coefficient (Wildman–Crippen LogP) is 2.57. The van der Waals surface area contributed by atoms with Crippen LogP contribution in [0.15, 0.2) is 65.6 Å². The van der Waals surface area contributed by atoms with E-state index in [1.807, 2.05) is 43.3 Å². The van der Waals surface area contributed by atoms with Gasteiger partial charge in [0.2, 0.25) is 10.0 Å². The van der Waals surface area contributed by atoms with Gasteiger partial charge in [-0.25, -0.2) is 13.1 Å². The van der Waals surface area contributed by atoms with Crippen molar-refractivity contribution >= 4 is 21.5 Å². The molecule has 9 nitrogen and oxygen atoms in total. The van der Waals surface area contributed by atoms with Crippen LogP contribution in [-0.4, -0.2) is 41.9 Å². The molecule has 0 saturated heterocycles. The van der Waals surface area contributed by atoms with E-state index in [0.29, 0.717) is 30.3 Å².